The van der Waals surface area contributed by atoms with Crippen LogP contribution in [0.2, 0.25) is 0 Å². The van der Waals surface area contributed by atoms with Crippen LogP contribution < -0.4 is 28.5 Å². The molecule has 0 N–H and O–H groups in total. The topological polar surface area (TPSA) is 7.12 Å². The number of rotatable bonds is 3. The lowest BCUT2D eigenvalue weighted by atomic mass is 10.2. The van der Waals surface area contributed by atoms with Gasteiger partial charge in [0.05, 0.1) is 5.03 Å². The van der Waals surface area contributed by atoms with Crippen molar-refractivity contribution in [3.8, 4) is 0 Å². The number of benzene rings is 1. The summed E-state index contributed by atoms with van der Waals surface area (Å²) in [5.74, 6) is 0. The molecular weight excluding hydrogens is 391 g/mol. The average molecular weight is 412 g/mol. The Labute approximate surface area is 148 Å². The minimum Gasteiger partial charge on any atom is -1.00 e. The van der Waals surface area contributed by atoms with Crippen LogP contribution in [0, 0.1) is 0 Å². The largest absolute Gasteiger partial charge is 1.00 e. The minimum absolute atomic E-state index is 0. The Kier molecular flexibility index (Phi) is 5.93. The Hall–Kier alpha value is -0.750. The fraction of sp³-hybridized carbons (Fsp3) is 0.353. The fourth-order valence-electron chi connectivity index (χ4n) is 2.85. The molecule has 0 spiro atoms. The third-order valence-corrected chi connectivity index (χ3v) is 4.81. The van der Waals surface area contributed by atoms with Gasteiger partial charge < -0.3 is 28.9 Å². The molecule has 1 aromatic carbocycles. The van der Waals surface area contributed by atoms with Crippen molar-refractivity contribution in [1.82, 2.24) is 4.90 Å². The molecule has 1 fully saturated rings. The standard InChI is InChI=1S/C17H21N2S.HI/c1-18-15(10-9-14-7-3-4-8-16(14)18)13-17(20-2)19-11-5-6-12-19;/h3-4,7-10,13H,5-6,11-12H2,1-2H3;1H/q+1;/p-1. The van der Waals surface area contributed by atoms with E-state index in [1.54, 1.807) is 0 Å². The van der Waals surface area contributed by atoms with Gasteiger partial charge in [-0.05, 0) is 31.2 Å². The van der Waals surface area contributed by atoms with Gasteiger partial charge in [-0.15, -0.1) is 11.8 Å². The first kappa shape index (κ1) is 16.6. The second-order valence-electron chi connectivity index (χ2n) is 5.26. The molecule has 0 atom stereocenters. The summed E-state index contributed by atoms with van der Waals surface area (Å²) in [4.78, 5) is 2.50. The van der Waals surface area contributed by atoms with Crippen molar-refractivity contribution in [1.29, 1.82) is 0 Å². The van der Waals surface area contributed by atoms with Crippen LogP contribution in [0.15, 0.2) is 41.4 Å². The summed E-state index contributed by atoms with van der Waals surface area (Å²) in [6.45, 7) is 2.40. The van der Waals surface area contributed by atoms with Crippen LogP contribution >= 0.6 is 11.8 Å². The third kappa shape index (κ3) is 3.54. The van der Waals surface area contributed by atoms with E-state index in [2.05, 4.69) is 65.2 Å². The Bertz CT molecular complexity index is 648. The van der Waals surface area contributed by atoms with Crippen molar-refractivity contribution in [2.45, 2.75) is 12.8 Å². The number of halogens is 1. The van der Waals surface area contributed by atoms with Crippen LogP contribution in [0.5, 0.6) is 0 Å². The normalized spacial score (nSPS) is 15.3. The van der Waals surface area contributed by atoms with E-state index < -0.39 is 0 Å². The summed E-state index contributed by atoms with van der Waals surface area (Å²) in [5, 5.41) is 2.67. The third-order valence-electron chi connectivity index (χ3n) is 4.02. The number of nitrogens with zero attached hydrogens (tertiary/aromatic N) is 2. The summed E-state index contributed by atoms with van der Waals surface area (Å²) in [5.41, 5.74) is 2.54. The van der Waals surface area contributed by atoms with Gasteiger partial charge in [-0.3, -0.25) is 0 Å². The van der Waals surface area contributed by atoms with Crippen molar-refractivity contribution in [2.24, 2.45) is 7.05 Å². The summed E-state index contributed by atoms with van der Waals surface area (Å²) in [7, 11) is 2.15. The highest BCUT2D eigenvalue weighted by Gasteiger charge is 2.16. The highest BCUT2D eigenvalue weighted by Crippen LogP contribution is 2.24. The van der Waals surface area contributed by atoms with E-state index in [1.165, 1.54) is 47.6 Å². The van der Waals surface area contributed by atoms with Crippen LogP contribution in [0.4, 0.5) is 0 Å². The Balaban J connectivity index is 0.00000161. The van der Waals surface area contributed by atoms with Crippen molar-refractivity contribution in [3.63, 3.8) is 0 Å². The molecule has 0 amide bonds. The lowest BCUT2D eigenvalue weighted by Gasteiger charge is -2.19. The Morgan fingerprint density at radius 1 is 1.14 bits per heavy atom. The van der Waals surface area contributed by atoms with Gasteiger partial charge in [0.2, 0.25) is 11.2 Å². The molecule has 2 heterocycles. The monoisotopic (exact) mass is 412 g/mol. The van der Waals surface area contributed by atoms with Crippen molar-refractivity contribution in [3.05, 3.63) is 47.1 Å². The molecule has 0 unspecified atom stereocenters. The molecule has 1 aliphatic rings. The maximum Gasteiger partial charge on any atom is 0.212 e. The van der Waals surface area contributed by atoms with E-state index in [1.807, 2.05) is 11.8 Å². The maximum atomic E-state index is 2.50. The van der Waals surface area contributed by atoms with Gasteiger partial charge in [-0.1, -0.05) is 12.1 Å². The summed E-state index contributed by atoms with van der Waals surface area (Å²) in [6.07, 6.45) is 7.14. The molecule has 0 aliphatic carbocycles. The predicted molar refractivity (Wildman–Crippen MR) is 87.4 cm³/mol. The van der Waals surface area contributed by atoms with Crippen LogP contribution in [0.3, 0.4) is 0 Å². The molecule has 0 saturated carbocycles. The smallest absolute Gasteiger partial charge is 0.212 e. The van der Waals surface area contributed by atoms with E-state index >= 15 is 0 Å². The van der Waals surface area contributed by atoms with Gasteiger partial charge in [0.1, 0.15) is 7.05 Å². The summed E-state index contributed by atoms with van der Waals surface area (Å²) < 4.78 is 2.28. The zero-order chi connectivity index (χ0) is 13.9. The number of thioether (sulfide) groups is 1. The number of hydrogen-bond acceptors (Lipinski definition) is 2. The van der Waals surface area contributed by atoms with Crippen molar-refractivity contribution in [2.75, 3.05) is 19.3 Å². The predicted octanol–water partition coefficient (Wildman–Crippen LogP) is 0.426. The number of fused-ring (bicyclic) bond motifs is 1. The summed E-state index contributed by atoms with van der Waals surface area (Å²) >= 11 is 1.85. The lowest BCUT2D eigenvalue weighted by molar-refractivity contribution is -0.646. The van der Waals surface area contributed by atoms with Crippen molar-refractivity contribution >= 4 is 28.7 Å². The molecular formula is C17H21IN2S. The van der Waals surface area contributed by atoms with Gasteiger partial charge in [-0.2, -0.15) is 4.57 Å². The van der Waals surface area contributed by atoms with Crippen LogP contribution in [-0.2, 0) is 7.05 Å². The SMILES string of the molecule is CS/C(=C/c1ccc2ccccc2[n+]1C)N1CCCC1.[I-]. The molecule has 0 radical (unpaired) electrons. The molecule has 4 heteroatoms. The molecule has 2 aromatic rings. The molecule has 1 aromatic heterocycles. The van der Waals surface area contributed by atoms with E-state index in [9.17, 15) is 0 Å². The molecule has 0 bridgehead atoms. The number of pyridine rings is 1. The van der Waals surface area contributed by atoms with Gasteiger partial charge in [0.25, 0.3) is 0 Å². The van der Waals surface area contributed by atoms with Gasteiger partial charge in [0, 0.05) is 36.7 Å². The number of para-hydroxylation sites is 1. The van der Waals surface area contributed by atoms with Crippen molar-refractivity contribution < 1.29 is 28.5 Å². The number of hydrogen-bond donors (Lipinski definition) is 0. The Morgan fingerprint density at radius 3 is 2.57 bits per heavy atom. The summed E-state index contributed by atoms with van der Waals surface area (Å²) in [6, 6.07) is 13.0. The highest BCUT2D eigenvalue weighted by molar-refractivity contribution is 8.02. The molecule has 112 valence electrons. The van der Waals surface area contributed by atoms with Gasteiger partial charge in [-0.25, -0.2) is 0 Å². The molecule has 21 heavy (non-hydrogen) atoms. The van der Waals surface area contributed by atoms with Gasteiger partial charge in [0.15, 0.2) is 0 Å². The second-order valence-corrected chi connectivity index (χ2v) is 6.08. The quantitative estimate of drug-likeness (QED) is 0.533. The van der Waals surface area contributed by atoms with Crippen LogP contribution in [0.25, 0.3) is 17.0 Å². The first-order valence-electron chi connectivity index (χ1n) is 7.18. The van der Waals surface area contributed by atoms with E-state index in [0.29, 0.717) is 0 Å². The second kappa shape index (κ2) is 7.49. The Morgan fingerprint density at radius 2 is 1.86 bits per heavy atom. The van der Waals surface area contributed by atoms with E-state index in [4.69, 9.17) is 0 Å². The first-order chi connectivity index (χ1) is 9.79. The zero-order valence-electron chi connectivity index (χ0n) is 12.6. The zero-order valence-corrected chi connectivity index (χ0v) is 15.5. The fourth-order valence-corrected chi connectivity index (χ4v) is 3.53. The number of likely N-dealkylation sites (tertiary alicyclic amines) is 1. The van der Waals surface area contributed by atoms with E-state index in [-0.39, 0.29) is 24.0 Å². The van der Waals surface area contributed by atoms with E-state index in [0.717, 1.165) is 0 Å². The first-order valence-corrected chi connectivity index (χ1v) is 8.40. The van der Waals surface area contributed by atoms with Gasteiger partial charge >= 0.3 is 0 Å². The average Bonchev–Trinajstić information content (AvgIpc) is 3.01. The number of aromatic nitrogens is 1. The van der Waals surface area contributed by atoms with Crippen LogP contribution in [0.1, 0.15) is 18.5 Å². The maximum absolute atomic E-state index is 2.50. The molecule has 3 rings (SSSR count). The van der Waals surface area contributed by atoms with Crippen LogP contribution in [-0.4, -0.2) is 24.2 Å². The molecule has 2 nitrogen and oxygen atoms in total. The number of aryl methyl sites for hydroxylation is 1. The minimum atomic E-state index is 0. The molecule has 1 aliphatic heterocycles. The molecule has 1 saturated heterocycles. The lowest BCUT2D eigenvalue weighted by Crippen LogP contribution is -3.00. The highest BCUT2D eigenvalue weighted by atomic mass is 127.